The Morgan fingerprint density at radius 3 is 2.58 bits per heavy atom. The van der Waals surface area contributed by atoms with Crippen LogP contribution in [-0.4, -0.2) is 4.98 Å². The lowest BCUT2D eigenvalue weighted by Crippen LogP contribution is -2.15. The molecule has 19 heavy (non-hydrogen) atoms. The van der Waals surface area contributed by atoms with Gasteiger partial charge in [-0.1, -0.05) is 0 Å². The summed E-state index contributed by atoms with van der Waals surface area (Å²) in [6.07, 6.45) is 3.75. The van der Waals surface area contributed by atoms with Crippen molar-refractivity contribution in [3.05, 3.63) is 44.2 Å². The fraction of sp³-hybridized carbons (Fsp3) is 0.286. The maximum atomic E-state index is 12.0. The normalized spacial score (nSPS) is 14.9. The van der Waals surface area contributed by atoms with E-state index in [9.17, 15) is 9.59 Å². The molecular weight excluding hydrogens is 246 g/mol. The lowest BCUT2D eigenvalue weighted by atomic mass is 9.90. The van der Waals surface area contributed by atoms with Gasteiger partial charge in [-0.25, -0.2) is 9.59 Å². The van der Waals surface area contributed by atoms with Crippen molar-refractivity contribution in [2.45, 2.75) is 25.7 Å². The molecule has 96 valence electrons. The van der Waals surface area contributed by atoms with Crippen LogP contribution in [0.5, 0.6) is 0 Å². The van der Waals surface area contributed by atoms with Crippen LogP contribution in [0.3, 0.4) is 0 Å². The van der Waals surface area contributed by atoms with Gasteiger partial charge in [0.15, 0.2) is 5.58 Å². The summed E-state index contributed by atoms with van der Waals surface area (Å²) in [4.78, 5) is 25.8. The van der Waals surface area contributed by atoms with E-state index in [1.165, 1.54) is 0 Å². The fourth-order valence-corrected chi connectivity index (χ4v) is 2.89. The average Bonchev–Trinajstić information content (AvgIpc) is 2.76. The van der Waals surface area contributed by atoms with Crippen LogP contribution in [0.4, 0.5) is 0 Å². The van der Waals surface area contributed by atoms with Crippen molar-refractivity contribution >= 4 is 22.1 Å². The number of rotatable bonds is 0. The number of H-pyrrole nitrogens is 1. The predicted octanol–water partition coefficient (Wildman–Crippen LogP) is 2.11. The molecule has 0 radical (unpaired) electrons. The van der Waals surface area contributed by atoms with E-state index >= 15 is 0 Å². The highest BCUT2D eigenvalue weighted by atomic mass is 16.4. The third-order valence-corrected chi connectivity index (χ3v) is 3.76. The second-order valence-corrected chi connectivity index (χ2v) is 4.91. The lowest BCUT2D eigenvalue weighted by molar-refractivity contribution is 0.530. The molecule has 0 fully saturated rings. The van der Waals surface area contributed by atoms with Crippen LogP contribution < -0.4 is 11.4 Å². The summed E-state index contributed by atoms with van der Waals surface area (Å²) in [5.41, 5.74) is 3.11. The van der Waals surface area contributed by atoms with E-state index in [2.05, 4.69) is 4.98 Å². The summed E-state index contributed by atoms with van der Waals surface area (Å²) >= 11 is 0. The molecule has 3 aromatic rings. The van der Waals surface area contributed by atoms with E-state index < -0.39 is 5.76 Å². The zero-order valence-corrected chi connectivity index (χ0v) is 10.1. The summed E-state index contributed by atoms with van der Waals surface area (Å²) in [5, 5.41) is 0.902. The Kier molecular flexibility index (Phi) is 2.01. The van der Waals surface area contributed by atoms with E-state index in [1.807, 2.05) is 6.07 Å². The first kappa shape index (κ1) is 10.6. The van der Waals surface area contributed by atoms with E-state index in [0.29, 0.717) is 16.7 Å². The third-order valence-electron chi connectivity index (χ3n) is 3.76. The number of aromatic amines is 1. The molecule has 0 unspecified atom stereocenters. The Balaban J connectivity index is 2.20. The summed E-state index contributed by atoms with van der Waals surface area (Å²) in [7, 11) is 0. The summed E-state index contributed by atoms with van der Waals surface area (Å²) in [6, 6.07) is 3.45. The molecule has 2 heterocycles. The van der Waals surface area contributed by atoms with Crippen molar-refractivity contribution in [3.63, 3.8) is 0 Å². The molecule has 0 spiro atoms. The highest BCUT2D eigenvalue weighted by Crippen LogP contribution is 2.29. The molecule has 0 saturated heterocycles. The molecule has 0 bridgehead atoms. The minimum atomic E-state index is -0.499. The minimum Gasteiger partial charge on any atom is -0.422 e. The topological polar surface area (TPSA) is 76.2 Å². The Hall–Kier alpha value is -2.30. The summed E-state index contributed by atoms with van der Waals surface area (Å²) in [6.45, 7) is 0. The number of nitrogens with one attached hydrogen (secondary N) is 1. The van der Waals surface area contributed by atoms with Crippen molar-refractivity contribution in [1.82, 2.24) is 4.98 Å². The molecule has 5 nitrogen and oxygen atoms in total. The standard InChI is InChI=1S/C14H11NO4/c16-13-8-4-2-1-3-7(8)9-5-10-12(6-11(9)18-13)19-14(17)15-10/h5-6H,1-4H2,(H,15,17). The van der Waals surface area contributed by atoms with Crippen LogP contribution in [0, 0.1) is 0 Å². The van der Waals surface area contributed by atoms with Crippen LogP contribution in [0.25, 0.3) is 22.1 Å². The largest absolute Gasteiger partial charge is 0.422 e. The van der Waals surface area contributed by atoms with Gasteiger partial charge in [0.25, 0.3) is 0 Å². The molecule has 1 aliphatic rings. The highest BCUT2D eigenvalue weighted by molar-refractivity contribution is 5.93. The van der Waals surface area contributed by atoms with Crippen molar-refractivity contribution in [1.29, 1.82) is 0 Å². The van der Waals surface area contributed by atoms with Gasteiger partial charge in [0.05, 0.1) is 5.52 Å². The number of hydrogen-bond acceptors (Lipinski definition) is 4. The predicted molar refractivity (Wildman–Crippen MR) is 69.5 cm³/mol. The molecule has 0 saturated carbocycles. The minimum absolute atomic E-state index is 0.264. The van der Waals surface area contributed by atoms with Gasteiger partial charge in [-0.15, -0.1) is 0 Å². The van der Waals surface area contributed by atoms with E-state index in [-0.39, 0.29) is 5.63 Å². The number of fused-ring (bicyclic) bond motifs is 4. The first-order valence-corrected chi connectivity index (χ1v) is 6.34. The van der Waals surface area contributed by atoms with Crippen molar-refractivity contribution in [2.75, 3.05) is 0 Å². The first-order valence-electron chi connectivity index (χ1n) is 6.34. The Morgan fingerprint density at radius 2 is 1.74 bits per heavy atom. The zero-order chi connectivity index (χ0) is 13.0. The number of oxazole rings is 1. The monoisotopic (exact) mass is 257 g/mol. The van der Waals surface area contributed by atoms with Gasteiger partial charge >= 0.3 is 11.4 Å². The van der Waals surface area contributed by atoms with E-state index in [1.54, 1.807) is 6.07 Å². The molecule has 4 rings (SSSR count). The van der Waals surface area contributed by atoms with Crippen LogP contribution in [0.1, 0.15) is 24.0 Å². The quantitative estimate of drug-likeness (QED) is 0.626. The number of benzene rings is 1. The van der Waals surface area contributed by atoms with Crippen molar-refractivity contribution < 1.29 is 8.83 Å². The zero-order valence-electron chi connectivity index (χ0n) is 10.1. The summed E-state index contributed by atoms with van der Waals surface area (Å²) in [5.74, 6) is -0.499. The van der Waals surface area contributed by atoms with Crippen LogP contribution >= 0.6 is 0 Å². The summed E-state index contributed by atoms with van der Waals surface area (Å²) < 4.78 is 10.3. The maximum Gasteiger partial charge on any atom is 0.417 e. The molecule has 1 aliphatic carbocycles. The molecule has 0 amide bonds. The highest BCUT2D eigenvalue weighted by Gasteiger charge is 2.19. The maximum absolute atomic E-state index is 12.0. The Bertz CT molecular complexity index is 913. The lowest BCUT2D eigenvalue weighted by Gasteiger charge is -2.15. The van der Waals surface area contributed by atoms with Gasteiger partial charge in [0.2, 0.25) is 0 Å². The van der Waals surface area contributed by atoms with Crippen molar-refractivity contribution in [2.24, 2.45) is 0 Å². The van der Waals surface area contributed by atoms with Crippen LogP contribution in [0.15, 0.2) is 30.6 Å². The van der Waals surface area contributed by atoms with Gasteiger partial charge < -0.3 is 8.83 Å². The van der Waals surface area contributed by atoms with Crippen molar-refractivity contribution in [3.8, 4) is 0 Å². The molecule has 5 heteroatoms. The Labute approximate surface area is 106 Å². The molecule has 0 aliphatic heterocycles. The van der Waals surface area contributed by atoms with Gasteiger partial charge in [-0.2, -0.15) is 0 Å². The number of aromatic nitrogens is 1. The molecule has 0 atom stereocenters. The van der Waals surface area contributed by atoms with Crippen LogP contribution in [-0.2, 0) is 12.8 Å². The third kappa shape index (κ3) is 1.47. The molecule has 1 aromatic carbocycles. The molecular formula is C14H11NO4. The van der Waals surface area contributed by atoms with Gasteiger partial charge in [0.1, 0.15) is 5.58 Å². The van der Waals surface area contributed by atoms with Crippen LogP contribution in [0.2, 0.25) is 0 Å². The van der Waals surface area contributed by atoms with Gasteiger partial charge in [-0.3, -0.25) is 4.98 Å². The Morgan fingerprint density at radius 1 is 0.947 bits per heavy atom. The second-order valence-electron chi connectivity index (χ2n) is 4.91. The fourth-order valence-electron chi connectivity index (χ4n) is 2.89. The van der Waals surface area contributed by atoms with E-state index in [0.717, 1.165) is 42.2 Å². The first-order chi connectivity index (χ1) is 9.22. The molecule has 1 N–H and O–H groups in total. The van der Waals surface area contributed by atoms with Gasteiger partial charge in [-0.05, 0) is 37.3 Å². The number of hydrogen-bond donors (Lipinski definition) is 1. The van der Waals surface area contributed by atoms with E-state index in [4.69, 9.17) is 8.83 Å². The van der Waals surface area contributed by atoms with Gasteiger partial charge in [0, 0.05) is 17.0 Å². The second kappa shape index (κ2) is 3.60. The molecule has 2 aromatic heterocycles. The average molecular weight is 257 g/mol. The number of aryl methyl sites for hydroxylation is 1. The smallest absolute Gasteiger partial charge is 0.417 e. The SMILES string of the molecule is O=c1[nH]c2cc3c4c(c(=O)oc3cc2o1)CCCC4.